The third-order valence-corrected chi connectivity index (χ3v) is 3.82. The molecule has 0 spiro atoms. The number of anilines is 1. The lowest BCUT2D eigenvalue weighted by atomic mass is 10.2. The smallest absolute Gasteiger partial charge is 0.362 e. The van der Waals surface area contributed by atoms with Crippen molar-refractivity contribution in [3.63, 3.8) is 0 Å². The maximum Gasteiger partial charge on any atom is 0.406 e. The van der Waals surface area contributed by atoms with E-state index in [0.717, 1.165) is 17.2 Å². The summed E-state index contributed by atoms with van der Waals surface area (Å²) in [6, 6.07) is 1.76. The number of hydrogen-bond acceptors (Lipinski definition) is 3. The number of halogens is 3. The van der Waals surface area contributed by atoms with Crippen LogP contribution in [0.3, 0.4) is 0 Å². The van der Waals surface area contributed by atoms with Gasteiger partial charge in [-0.1, -0.05) is 0 Å². The Morgan fingerprint density at radius 2 is 2.05 bits per heavy atom. The van der Waals surface area contributed by atoms with Gasteiger partial charge < -0.3 is 9.88 Å². The molecule has 110 valence electrons. The third kappa shape index (κ3) is 3.15. The van der Waals surface area contributed by atoms with Gasteiger partial charge in [0.15, 0.2) is 5.13 Å². The first-order valence-corrected chi connectivity index (χ1v) is 7.13. The largest absolute Gasteiger partial charge is 0.406 e. The number of thiazole rings is 1. The highest BCUT2D eigenvalue weighted by Gasteiger charge is 2.29. The van der Waals surface area contributed by atoms with E-state index < -0.39 is 12.7 Å². The Balaban J connectivity index is 2.35. The van der Waals surface area contributed by atoms with Gasteiger partial charge in [-0.15, -0.1) is 11.3 Å². The molecule has 2 aromatic rings. The summed E-state index contributed by atoms with van der Waals surface area (Å²) in [5, 5.41) is 5.74. The molecule has 1 N–H and O–H groups in total. The molecule has 0 amide bonds. The minimum Gasteiger partial charge on any atom is -0.362 e. The van der Waals surface area contributed by atoms with E-state index in [2.05, 4.69) is 10.3 Å². The number of aryl methyl sites for hydroxylation is 1. The molecule has 0 aromatic carbocycles. The van der Waals surface area contributed by atoms with E-state index in [0.29, 0.717) is 17.1 Å². The summed E-state index contributed by atoms with van der Waals surface area (Å²) in [6.07, 6.45) is -4.22. The van der Waals surface area contributed by atoms with Gasteiger partial charge in [0.05, 0.1) is 5.69 Å². The van der Waals surface area contributed by atoms with Crippen molar-refractivity contribution in [3.8, 4) is 11.3 Å². The monoisotopic (exact) mass is 303 g/mol. The molecule has 0 fully saturated rings. The van der Waals surface area contributed by atoms with Crippen LogP contribution in [-0.2, 0) is 6.54 Å². The first-order chi connectivity index (χ1) is 9.31. The fraction of sp³-hybridized carbons (Fsp3) is 0.462. The minimum absolute atomic E-state index is 0.591. The van der Waals surface area contributed by atoms with Crippen molar-refractivity contribution >= 4 is 16.5 Å². The van der Waals surface area contributed by atoms with Gasteiger partial charge in [0, 0.05) is 28.9 Å². The quantitative estimate of drug-likeness (QED) is 0.916. The zero-order valence-corrected chi connectivity index (χ0v) is 12.3. The van der Waals surface area contributed by atoms with Crippen LogP contribution in [0.4, 0.5) is 18.3 Å². The van der Waals surface area contributed by atoms with E-state index >= 15 is 0 Å². The molecule has 0 aliphatic rings. The number of alkyl halides is 3. The van der Waals surface area contributed by atoms with Crippen LogP contribution in [0.2, 0.25) is 0 Å². The molecule has 20 heavy (non-hydrogen) atoms. The minimum atomic E-state index is -4.22. The second-order valence-electron chi connectivity index (χ2n) is 4.55. The van der Waals surface area contributed by atoms with E-state index in [1.807, 2.05) is 12.3 Å². The van der Waals surface area contributed by atoms with Crippen molar-refractivity contribution in [2.45, 2.75) is 33.5 Å². The van der Waals surface area contributed by atoms with E-state index in [1.54, 1.807) is 19.9 Å². The van der Waals surface area contributed by atoms with Gasteiger partial charge in [0.2, 0.25) is 0 Å². The maximum atomic E-state index is 12.6. The number of rotatable bonds is 4. The van der Waals surface area contributed by atoms with Crippen LogP contribution < -0.4 is 5.32 Å². The lowest BCUT2D eigenvalue weighted by Crippen LogP contribution is -2.19. The summed E-state index contributed by atoms with van der Waals surface area (Å²) < 4.78 is 39.0. The molecule has 0 bridgehead atoms. The molecule has 0 atom stereocenters. The molecular formula is C13H16F3N3S. The molecule has 7 heteroatoms. The SMILES string of the molecule is CCNc1nc(-c2cc(C)n(CC(F)(F)F)c2C)cs1. The summed E-state index contributed by atoms with van der Waals surface area (Å²) in [5.74, 6) is 0. The highest BCUT2D eigenvalue weighted by Crippen LogP contribution is 2.31. The number of aromatic nitrogens is 2. The summed E-state index contributed by atoms with van der Waals surface area (Å²) in [7, 11) is 0. The molecule has 0 aliphatic heterocycles. The summed E-state index contributed by atoms with van der Waals surface area (Å²) in [4.78, 5) is 4.39. The summed E-state index contributed by atoms with van der Waals surface area (Å²) in [6.45, 7) is 5.14. The average molecular weight is 303 g/mol. The molecular weight excluding hydrogens is 287 g/mol. The van der Waals surface area contributed by atoms with Crippen molar-refractivity contribution in [1.29, 1.82) is 0 Å². The van der Waals surface area contributed by atoms with Gasteiger partial charge in [-0.2, -0.15) is 13.2 Å². The van der Waals surface area contributed by atoms with Crippen molar-refractivity contribution in [1.82, 2.24) is 9.55 Å². The van der Waals surface area contributed by atoms with E-state index in [1.165, 1.54) is 15.9 Å². The summed E-state index contributed by atoms with van der Waals surface area (Å²) in [5.41, 5.74) is 2.65. The van der Waals surface area contributed by atoms with Gasteiger partial charge in [0.25, 0.3) is 0 Å². The molecule has 0 radical (unpaired) electrons. The number of nitrogens with one attached hydrogen (secondary N) is 1. The fourth-order valence-electron chi connectivity index (χ4n) is 2.11. The van der Waals surface area contributed by atoms with Gasteiger partial charge in [-0.05, 0) is 26.8 Å². The number of hydrogen-bond donors (Lipinski definition) is 1. The molecule has 2 rings (SSSR count). The Hall–Kier alpha value is -1.50. The molecule has 0 unspecified atom stereocenters. The Morgan fingerprint density at radius 3 is 2.65 bits per heavy atom. The van der Waals surface area contributed by atoms with Crippen LogP contribution in [0.1, 0.15) is 18.3 Å². The molecule has 0 saturated carbocycles. The van der Waals surface area contributed by atoms with Gasteiger partial charge in [-0.25, -0.2) is 4.98 Å². The predicted molar refractivity (Wildman–Crippen MR) is 75.2 cm³/mol. The average Bonchev–Trinajstić information content (AvgIpc) is 2.88. The maximum absolute atomic E-state index is 12.6. The second-order valence-corrected chi connectivity index (χ2v) is 5.41. The Labute approximate surface area is 119 Å². The standard InChI is InChI=1S/C13H16F3N3S/c1-4-17-12-18-11(6-20-12)10-5-8(2)19(9(10)3)7-13(14,15)16/h5-6H,4,7H2,1-3H3,(H,17,18). The van der Waals surface area contributed by atoms with Gasteiger partial charge >= 0.3 is 6.18 Å². The van der Waals surface area contributed by atoms with E-state index in [4.69, 9.17) is 0 Å². The number of nitrogens with zero attached hydrogens (tertiary/aromatic N) is 2. The van der Waals surface area contributed by atoms with Crippen LogP contribution >= 0.6 is 11.3 Å². The van der Waals surface area contributed by atoms with Crippen LogP contribution in [0.15, 0.2) is 11.4 Å². The van der Waals surface area contributed by atoms with Crippen LogP contribution in [0.5, 0.6) is 0 Å². The first-order valence-electron chi connectivity index (χ1n) is 6.25. The molecule has 2 heterocycles. The van der Waals surface area contributed by atoms with Crippen molar-refractivity contribution in [2.24, 2.45) is 0 Å². The van der Waals surface area contributed by atoms with Crippen molar-refractivity contribution < 1.29 is 13.2 Å². The Bertz CT molecular complexity index is 599. The Kier molecular flexibility index (Phi) is 4.08. The Morgan fingerprint density at radius 1 is 1.35 bits per heavy atom. The van der Waals surface area contributed by atoms with Gasteiger partial charge in [0.1, 0.15) is 6.54 Å². The lowest BCUT2D eigenvalue weighted by molar-refractivity contribution is -0.141. The zero-order valence-electron chi connectivity index (χ0n) is 11.5. The summed E-state index contributed by atoms with van der Waals surface area (Å²) >= 11 is 1.45. The van der Waals surface area contributed by atoms with Crippen molar-refractivity contribution in [2.75, 3.05) is 11.9 Å². The van der Waals surface area contributed by atoms with Gasteiger partial charge in [-0.3, -0.25) is 0 Å². The zero-order chi connectivity index (χ0) is 14.9. The highest BCUT2D eigenvalue weighted by atomic mass is 32.1. The fourth-order valence-corrected chi connectivity index (χ4v) is 2.89. The predicted octanol–water partition coefficient (Wildman–Crippen LogP) is 4.22. The van der Waals surface area contributed by atoms with Crippen molar-refractivity contribution in [3.05, 3.63) is 22.8 Å². The van der Waals surface area contributed by atoms with E-state index in [9.17, 15) is 13.2 Å². The molecule has 2 aromatic heterocycles. The second kappa shape index (κ2) is 5.47. The molecule has 0 aliphatic carbocycles. The first kappa shape index (κ1) is 14.9. The molecule has 0 saturated heterocycles. The van der Waals surface area contributed by atoms with Crippen LogP contribution in [0, 0.1) is 13.8 Å². The normalized spacial score (nSPS) is 11.9. The van der Waals surface area contributed by atoms with Crippen LogP contribution in [-0.4, -0.2) is 22.3 Å². The van der Waals surface area contributed by atoms with Crippen LogP contribution in [0.25, 0.3) is 11.3 Å². The topological polar surface area (TPSA) is 29.9 Å². The highest BCUT2D eigenvalue weighted by molar-refractivity contribution is 7.14. The lowest BCUT2D eigenvalue weighted by Gasteiger charge is -2.12. The molecule has 3 nitrogen and oxygen atoms in total. The third-order valence-electron chi connectivity index (χ3n) is 3.02. The van der Waals surface area contributed by atoms with E-state index in [-0.39, 0.29) is 0 Å².